The van der Waals surface area contributed by atoms with Gasteiger partial charge >= 0.3 is 5.97 Å². The van der Waals surface area contributed by atoms with E-state index in [9.17, 15) is 4.79 Å². The van der Waals surface area contributed by atoms with Gasteiger partial charge in [0.1, 0.15) is 0 Å². The minimum atomic E-state index is -0.357. The minimum absolute atomic E-state index is 0.353. The van der Waals surface area contributed by atoms with Crippen LogP contribution in [0.25, 0.3) is 16.6 Å². The first-order valence-corrected chi connectivity index (χ1v) is 7.94. The Bertz CT molecular complexity index is 879. The average molecular weight is 320 g/mol. The fourth-order valence-electron chi connectivity index (χ4n) is 2.67. The molecule has 1 heterocycles. The number of anilines is 1. The van der Waals surface area contributed by atoms with E-state index < -0.39 is 0 Å². The highest BCUT2D eigenvalue weighted by molar-refractivity contribution is 6.00. The van der Waals surface area contributed by atoms with Crippen LogP contribution >= 0.6 is 0 Å². The second-order valence-corrected chi connectivity index (χ2v) is 5.47. The molecular formula is C20H20N2O2. The maximum atomic E-state index is 11.9. The zero-order chi connectivity index (χ0) is 16.9. The summed E-state index contributed by atoms with van der Waals surface area (Å²) < 4.78 is 7.13. The molecule has 0 atom stereocenters. The van der Waals surface area contributed by atoms with Crippen LogP contribution in [0.2, 0.25) is 0 Å². The van der Waals surface area contributed by atoms with Gasteiger partial charge in [0.2, 0.25) is 0 Å². The van der Waals surface area contributed by atoms with E-state index in [2.05, 4.69) is 22.0 Å². The summed E-state index contributed by atoms with van der Waals surface area (Å²) in [5, 5.41) is 4.49. The maximum absolute atomic E-state index is 11.9. The lowest BCUT2D eigenvalue weighted by Gasteiger charge is -2.13. The van der Waals surface area contributed by atoms with E-state index in [1.165, 1.54) is 6.08 Å². The Hall–Kier alpha value is -3.01. The zero-order valence-corrected chi connectivity index (χ0v) is 13.8. The molecule has 0 radical (unpaired) electrons. The van der Waals surface area contributed by atoms with Crippen LogP contribution in [0.4, 0.5) is 5.69 Å². The number of benzene rings is 2. The van der Waals surface area contributed by atoms with Crippen molar-refractivity contribution in [1.29, 1.82) is 0 Å². The molecule has 0 amide bonds. The predicted molar refractivity (Wildman–Crippen MR) is 97.6 cm³/mol. The topological polar surface area (TPSA) is 43.3 Å². The molecule has 122 valence electrons. The Kier molecular flexibility index (Phi) is 4.66. The van der Waals surface area contributed by atoms with Gasteiger partial charge < -0.3 is 14.6 Å². The first-order chi connectivity index (χ1) is 11.7. The number of fused-ring (bicyclic) bond motifs is 1. The summed E-state index contributed by atoms with van der Waals surface area (Å²) in [5.41, 5.74) is 3.72. The third kappa shape index (κ3) is 3.33. The van der Waals surface area contributed by atoms with Crippen molar-refractivity contribution in [3.8, 4) is 0 Å². The highest BCUT2D eigenvalue weighted by atomic mass is 16.5. The largest absolute Gasteiger partial charge is 0.463 e. The van der Waals surface area contributed by atoms with Gasteiger partial charge in [-0.1, -0.05) is 36.4 Å². The van der Waals surface area contributed by atoms with Crippen molar-refractivity contribution in [2.75, 3.05) is 11.9 Å². The van der Waals surface area contributed by atoms with E-state index in [4.69, 9.17) is 4.74 Å². The Morgan fingerprint density at radius 2 is 1.92 bits per heavy atom. The summed E-state index contributed by atoms with van der Waals surface area (Å²) in [6.07, 6.45) is 3.52. The molecule has 0 saturated heterocycles. The van der Waals surface area contributed by atoms with Crippen molar-refractivity contribution in [3.05, 3.63) is 72.4 Å². The zero-order valence-electron chi connectivity index (χ0n) is 13.8. The number of hydrogen-bond acceptors (Lipinski definition) is 3. The normalized spacial score (nSPS) is 11.5. The third-order valence-electron chi connectivity index (χ3n) is 3.83. The molecule has 3 aromatic rings. The molecule has 0 aliphatic rings. The number of carbonyl (C=O) groups excluding carboxylic acids is 1. The molecule has 0 saturated carbocycles. The van der Waals surface area contributed by atoms with E-state index in [1.54, 1.807) is 6.92 Å². The molecule has 4 nitrogen and oxygen atoms in total. The summed E-state index contributed by atoms with van der Waals surface area (Å²) in [4.78, 5) is 11.9. The Labute approximate surface area is 141 Å². The molecule has 0 fully saturated rings. The van der Waals surface area contributed by atoms with Gasteiger partial charge in [-0.2, -0.15) is 0 Å². The number of aryl methyl sites for hydroxylation is 1. The minimum Gasteiger partial charge on any atom is -0.463 e. The number of carbonyl (C=O) groups is 1. The first kappa shape index (κ1) is 15.9. The summed E-state index contributed by atoms with van der Waals surface area (Å²) in [6.45, 7) is 2.15. The number of rotatable bonds is 5. The van der Waals surface area contributed by atoms with Crippen molar-refractivity contribution in [3.63, 3.8) is 0 Å². The molecule has 4 heteroatoms. The van der Waals surface area contributed by atoms with Crippen molar-refractivity contribution in [2.24, 2.45) is 7.05 Å². The molecule has 3 rings (SSSR count). The van der Waals surface area contributed by atoms with Crippen molar-refractivity contribution < 1.29 is 9.53 Å². The molecule has 0 aliphatic carbocycles. The lowest BCUT2D eigenvalue weighted by atomic mass is 10.1. The highest BCUT2D eigenvalue weighted by Gasteiger charge is 2.09. The van der Waals surface area contributed by atoms with Gasteiger partial charge in [-0.05, 0) is 30.7 Å². The summed E-state index contributed by atoms with van der Waals surface area (Å²) >= 11 is 0. The number of ether oxygens (including phenoxy) is 1. The second-order valence-electron chi connectivity index (χ2n) is 5.47. The van der Waals surface area contributed by atoms with Crippen LogP contribution in [0.1, 0.15) is 12.5 Å². The number of esters is 1. The quantitative estimate of drug-likeness (QED) is 0.566. The van der Waals surface area contributed by atoms with E-state index in [-0.39, 0.29) is 5.97 Å². The van der Waals surface area contributed by atoms with Crippen LogP contribution in [0, 0.1) is 0 Å². The standard InChI is InChI=1S/C20H20N2O2/c1-3-24-20(23)14-18(15-8-5-4-6-9-15)21-17-10-7-11-19-16(17)12-13-22(19)2/h4-14,21H,3H2,1-2H3/b18-14+. The number of nitrogens with one attached hydrogen (secondary N) is 1. The summed E-state index contributed by atoms with van der Waals surface area (Å²) in [7, 11) is 2.01. The lowest BCUT2D eigenvalue weighted by Crippen LogP contribution is -2.06. The van der Waals surface area contributed by atoms with E-state index >= 15 is 0 Å². The van der Waals surface area contributed by atoms with Crippen LogP contribution in [-0.2, 0) is 16.6 Å². The predicted octanol–water partition coefficient (Wildman–Crippen LogP) is 4.19. The smallest absolute Gasteiger partial charge is 0.332 e. The van der Waals surface area contributed by atoms with Gasteiger partial charge in [-0.15, -0.1) is 0 Å². The summed E-state index contributed by atoms with van der Waals surface area (Å²) in [5.74, 6) is -0.357. The molecule has 1 N–H and O–H groups in total. The molecule has 0 aliphatic heterocycles. The Morgan fingerprint density at radius 3 is 2.67 bits per heavy atom. The third-order valence-corrected chi connectivity index (χ3v) is 3.83. The van der Waals surface area contributed by atoms with Gasteiger partial charge in [-0.25, -0.2) is 4.79 Å². The van der Waals surface area contributed by atoms with Crippen molar-refractivity contribution in [1.82, 2.24) is 4.57 Å². The molecule has 2 aromatic carbocycles. The van der Waals surface area contributed by atoms with Gasteiger partial charge in [0.15, 0.2) is 0 Å². The SMILES string of the molecule is CCOC(=O)/C=C(/Nc1cccc2c1ccn2C)c1ccccc1. The number of nitrogens with zero attached hydrogens (tertiary/aromatic N) is 1. The van der Waals surface area contributed by atoms with Crippen molar-refractivity contribution >= 4 is 28.3 Å². The van der Waals surface area contributed by atoms with Crippen LogP contribution in [-0.4, -0.2) is 17.1 Å². The fourth-order valence-corrected chi connectivity index (χ4v) is 2.67. The Balaban J connectivity index is 2.01. The van der Waals surface area contributed by atoms with E-state index in [0.29, 0.717) is 12.3 Å². The summed E-state index contributed by atoms with van der Waals surface area (Å²) in [6, 6.07) is 17.9. The molecule has 0 bridgehead atoms. The fraction of sp³-hybridized carbons (Fsp3) is 0.150. The molecule has 0 unspecified atom stereocenters. The van der Waals surface area contributed by atoms with Crippen molar-refractivity contribution in [2.45, 2.75) is 6.92 Å². The molecule has 24 heavy (non-hydrogen) atoms. The molecular weight excluding hydrogens is 300 g/mol. The Morgan fingerprint density at radius 1 is 1.12 bits per heavy atom. The van der Waals surface area contributed by atoms with E-state index in [0.717, 1.165) is 22.2 Å². The van der Waals surface area contributed by atoms with E-state index in [1.807, 2.05) is 55.7 Å². The number of hydrogen-bond donors (Lipinski definition) is 1. The van der Waals surface area contributed by atoms with Gasteiger partial charge in [0.25, 0.3) is 0 Å². The number of aromatic nitrogens is 1. The average Bonchev–Trinajstić information content (AvgIpc) is 2.98. The van der Waals surface area contributed by atoms with Gasteiger partial charge in [0.05, 0.1) is 12.3 Å². The van der Waals surface area contributed by atoms with Gasteiger partial charge in [0, 0.05) is 35.9 Å². The van der Waals surface area contributed by atoms with Crippen LogP contribution in [0.5, 0.6) is 0 Å². The van der Waals surface area contributed by atoms with Crippen LogP contribution in [0.3, 0.4) is 0 Å². The van der Waals surface area contributed by atoms with Gasteiger partial charge in [-0.3, -0.25) is 0 Å². The van der Waals surface area contributed by atoms with Crippen LogP contribution in [0.15, 0.2) is 66.9 Å². The monoisotopic (exact) mass is 320 g/mol. The van der Waals surface area contributed by atoms with Crippen LogP contribution < -0.4 is 5.32 Å². The first-order valence-electron chi connectivity index (χ1n) is 7.94. The second kappa shape index (κ2) is 7.04. The maximum Gasteiger partial charge on any atom is 0.332 e. The lowest BCUT2D eigenvalue weighted by molar-refractivity contribution is -0.137. The molecule has 1 aromatic heterocycles. The molecule has 0 spiro atoms. The highest BCUT2D eigenvalue weighted by Crippen LogP contribution is 2.27.